The van der Waals surface area contributed by atoms with Crippen LogP contribution in [0.25, 0.3) is 10.7 Å². The molecule has 3 aromatic rings. The molecule has 0 atom stereocenters. The molecule has 0 amide bonds. The summed E-state index contributed by atoms with van der Waals surface area (Å²) in [5.41, 5.74) is 2.40. The van der Waals surface area contributed by atoms with Crippen molar-refractivity contribution in [3.8, 4) is 10.7 Å². The maximum absolute atomic E-state index is 4.50. The molecule has 0 radical (unpaired) electrons. The van der Waals surface area contributed by atoms with E-state index in [1.54, 1.807) is 11.3 Å². The Bertz CT molecular complexity index is 656. The number of hydrogen-bond acceptors (Lipinski definition) is 4. The van der Waals surface area contributed by atoms with Crippen LogP contribution in [-0.4, -0.2) is 21.7 Å². The number of hydrogen-bond donors (Lipinski definition) is 2. The quantitative estimate of drug-likeness (QED) is 0.754. The average Bonchev–Trinajstić information content (AvgIpc) is 3.11. The number of H-pyrrole nitrogens is 1. The van der Waals surface area contributed by atoms with Crippen LogP contribution in [0.4, 0.5) is 5.69 Å². The van der Waals surface area contributed by atoms with Crippen molar-refractivity contribution >= 4 is 17.0 Å². The molecule has 20 heavy (non-hydrogen) atoms. The summed E-state index contributed by atoms with van der Waals surface area (Å²) in [6.45, 7) is 2.92. The Kier molecular flexibility index (Phi) is 3.78. The van der Waals surface area contributed by atoms with Crippen LogP contribution in [0.3, 0.4) is 0 Å². The van der Waals surface area contributed by atoms with Gasteiger partial charge in [-0.15, -0.1) is 11.3 Å². The number of aromatic nitrogens is 3. The minimum atomic E-state index is 0.783. The molecule has 3 rings (SSSR count). The van der Waals surface area contributed by atoms with Gasteiger partial charge in [-0.3, -0.25) is 5.10 Å². The van der Waals surface area contributed by atoms with Crippen molar-refractivity contribution < 1.29 is 0 Å². The molecular formula is C15H16N4S. The summed E-state index contributed by atoms with van der Waals surface area (Å²) < 4.78 is 0. The van der Waals surface area contributed by atoms with Crippen LogP contribution in [0.1, 0.15) is 11.4 Å². The molecule has 2 aromatic heterocycles. The lowest BCUT2D eigenvalue weighted by Crippen LogP contribution is -2.05. The Labute approximate surface area is 121 Å². The lowest BCUT2D eigenvalue weighted by atomic mass is 10.2. The Morgan fingerprint density at radius 2 is 2.05 bits per heavy atom. The molecule has 0 unspecified atom stereocenters. The highest BCUT2D eigenvalue weighted by Crippen LogP contribution is 2.20. The third-order valence-electron chi connectivity index (χ3n) is 3.02. The van der Waals surface area contributed by atoms with Crippen LogP contribution in [0, 0.1) is 6.92 Å². The van der Waals surface area contributed by atoms with E-state index in [9.17, 15) is 0 Å². The number of nitrogens with zero attached hydrogens (tertiary/aromatic N) is 2. The van der Waals surface area contributed by atoms with Crippen LogP contribution in [0.5, 0.6) is 0 Å². The first kappa shape index (κ1) is 12.9. The molecule has 1 aromatic carbocycles. The number of aryl methyl sites for hydroxylation is 1. The maximum Gasteiger partial charge on any atom is 0.191 e. The topological polar surface area (TPSA) is 53.6 Å². The average molecular weight is 284 g/mol. The van der Waals surface area contributed by atoms with Crippen LogP contribution < -0.4 is 5.32 Å². The monoisotopic (exact) mass is 284 g/mol. The molecule has 5 heteroatoms. The molecule has 0 saturated carbocycles. The van der Waals surface area contributed by atoms with E-state index >= 15 is 0 Å². The Balaban J connectivity index is 1.55. The minimum Gasteiger partial charge on any atom is -0.385 e. The van der Waals surface area contributed by atoms with Gasteiger partial charge in [-0.1, -0.05) is 23.8 Å². The van der Waals surface area contributed by atoms with Gasteiger partial charge in [0.2, 0.25) is 0 Å². The van der Waals surface area contributed by atoms with E-state index in [0.29, 0.717) is 0 Å². The second kappa shape index (κ2) is 5.88. The molecule has 2 heterocycles. The maximum atomic E-state index is 4.50. The fourth-order valence-corrected chi connectivity index (χ4v) is 2.58. The summed E-state index contributed by atoms with van der Waals surface area (Å²) in [6, 6.07) is 12.4. The van der Waals surface area contributed by atoms with Crippen molar-refractivity contribution in [3.05, 3.63) is 53.2 Å². The molecule has 0 spiro atoms. The molecule has 0 aliphatic heterocycles. The zero-order valence-corrected chi connectivity index (χ0v) is 12.1. The Morgan fingerprint density at radius 1 is 1.20 bits per heavy atom. The Hall–Kier alpha value is -2.14. The third-order valence-corrected chi connectivity index (χ3v) is 3.88. The van der Waals surface area contributed by atoms with Crippen LogP contribution in [0.15, 0.2) is 41.8 Å². The predicted molar refractivity (Wildman–Crippen MR) is 83.1 cm³/mol. The van der Waals surface area contributed by atoms with Crippen molar-refractivity contribution in [2.75, 3.05) is 11.9 Å². The summed E-state index contributed by atoms with van der Waals surface area (Å²) >= 11 is 1.65. The molecule has 4 nitrogen and oxygen atoms in total. The predicted octanol–water partition coefficient (Wildman–Crippen LogP) is 3.50. The number of thiophene rings is 1. The summed E-state index contributed by atoms with van der Waals surface area (Å²) in [6.07, 6.45) is 0.826. The van der Waals surface area contributed by atoms with Gasteiger partial charge in [0.15, 0.2) is 5.82 Å². The lowest BCUT2D eigenvalue weighted by Gasteiger charge is -2.04. The van der Waals surface area contributed by atoms with Gasteiger partial charge in [-0.25, -0.2) is 4.98 Å². The smallest absolute Gasteiger partial charge is 0.191 e. The van der Waals surface area contributed by atoms with E-state index < -0.39 is 0 Å². The van der Waals surface area contributed by atoms with Gasteiger partial charge >= 0.3 is 0 Å². The summed E-state index contributed by atoms with van der Waals surface area (Å²) in [5, 5.41) is 12.6. The van der Waals surface area contributed by atoms with E-state index in [0.717, 1.165) is 35.2 Å². The van der Waals surface area contributed by atoms with Crippen LogP contribution in [0.2, 0.25) is 0 Å². The van der Waals surface area contributed by atoms with Gasteiger partial charge in [-0.2, -0.15) is 5.10 Å². The molecule has 2 N–H and O–H groups in total. The van der Waals surface area contributed by atoms with E-state index in [1.165, 1.54) is 5.56 Å². The number of aromatic amines is 1. The molecule has 0 bridgehead atoms. The minimum absolute atomic E-state index is 0.783. The number of benzene rings is 1. The van der Waals surface area contributed by atoms with Crippen molar-refractivity contribution in [2.24, 2.45) is 0 Å². The first-order valence-electron chi connectivity index (χ1n) is 6.57. The van der Waals surface area contributed by atoms with Crippen molar-refractivity contribution in [1.29, 1.82) is 0 Å². The SMILES string of the molecule is Cc1ccc(NCCc2nc(-c3cccs3)n[nH]2)cc1. The van der Waals surface area contributed by atoms with Crippen LogP contribution in [-0.2, 0) is 6.42 Å². The fraction of sp³-hybridized carbons (Fsp3) is 0.200. The summed E-state index contributed by atoms with van der Waals surface area (Å²) in [5.74, 6) is 1.69. The Morgan fingerprint density at radius 3 is 2.80 bits per heavy atom. The molecular weight excluding hydrogens is 268 g/mol. The van der Waals surface area contributed by atoms with Gasteiger partial charge in [0.1, 0.15) is 5.82 Å². The van der Waals surface area contributed by atoms with Gasteiger partial charge in [0, 0.05) is 18.7 Å². The fourth-order valence-electron chi connectivity index (χ4n) is 1.92. The van der Waals surface area contributed by atoms with Gasteiger partial charge < -0.3 is 5.32 Å². The van der Waals surface area contributed by atoms with Crippen molar-refractivity contribution in [2.45, 2.75) is 13.3 Å². The second-order valence-corrected chi connectivity index (χ2v) is 5.57. The highest BCUT2D eigenvalue weighted by molar-refractivity contribution is 7.13. The number of anilines is 1. The molecule has 0 aliphatic carbocycles. The molecule has 0 saturated heterocycles. The van der Waals surface area contributed by atoms with Crippen molar-refractivity contribution in [3.63, 3.8) is 0 Å². The molecule has 0 fully saturated rings. The molecule has 102 valence electrons. The highest BCUT2D eigenvalue weighted by Gasteiger charge is 2.06. The summed E-state index contributed by atoms with van der Waals surface area (Å²) in [7, 11) is 0. The molecule has 0 aliphatic rings. The van der Waals surface area contributed by atoms with E-state index in [4.69, 9.17) is 0 Å². The highest BCUT2D eigenvalue weighted by atomic mass is 32.1. The van der Waals surface area contributed by atoms with Gasteiger partial charge in [0.05, 0.1) is 4.88 Å². The van der Waals surface area contributed by atoms with E-state index in [1.807, 2.05) is 17.5 Å². The van der Waals surface area contributed by atoms with Crippen LogP contribution >= 0.6 is 11.3 Å². The van der Waals surface area contributed by atoms with Crippen molar-refractivity contribution in [1.82, 2.24) is 15.2 Å². The zero-order chi connectivity index (χ0) is 13.8. The van der Waals surface area contributed by atoms with E-state index in [2.05, 4.69) is 51.7 Å². The normalized spacial score (nSPS) is 10.7. The van der Waals surface area contributed by atoms with E-state index in [-0.39, 0.29) is 0 Å². The largest absolute Gasteiger partial charge is 0.385 e. The third kappa shape index (κ3) is 3.05. The zero-order valence-electron chi connectivity index (χ0n) is 11.3. The standard InChI is InChI=1S/C15H16N4S/c1-11-4-6-12(7-5-11)16-9-8-14-17-15(19-18-14)13-3-2-10-20-13/h2-7,10,16H,8-9H2,1H3,(H,17,18,19). The lowest BCUT2D eigenvalue weighted by molar-refractivity contribution is 0.901. The first-order valence-corrected chi connectivity index (χ1v) is 7.45. The van der Waals surface area contributed by atoms with Gasteiger partial charge in [-0.05, 0) is 30.5 Å². The number of rotatable bonds is 5. The summed E-state index contributed by atoms with van der Waals surface area (Å²) in [4.78, 5) is 5.60. The first-order chi connectivity index (χ1) is 9.81. The second-order valence-electron chi connectivity index (χ2n) is 4.63. The number of nitrogens with one attached hydrogen (secondary N) is 2. The van der Waals surface area contributed by atoms with Gasteiger partial charge in [0.25, 0.3) is 0 Å².